The Bertz CT molecular complexity index is 1550. The second kappa shape index (κ2) is 23.7. The Morgan fingerprint density at radius 1 is 1.16 bits per heavy atom. The number of nitrogen functional groups attached to an aromatic ring is 1. The van der Waals surface area contributed by atoms with E-state index < -0.39 is 0 Å². The zero-order valence-corrected chi connectivity index (χ0v) is 32.6. The van der Waals surface area contributed by atoms with Crippen LogP contribution in [-0.2, 0) is 11.3 Å². The lowest BCUT2D eigenvalue weighted by molar-refractivity contribution is 0.103. The van der Waals surface area contributed by atoms with Crippen LogP contribution in [0.3, 0.4) is 0 Å². The molecule has 1 aliphatic carbocycles. The molecule has 0 amide bonds. The number of halogens is 1. The number of carbonyl (C=O) groups excluding carboxylic acids is 1. The number of ketones is 1. The van der Waals surface area contributed by atoms with Crippen molar-refractivity contribution in [1.82, 2.24) is 19.5 Å². The molecule has 10 heteroatoms. The molecule has 1 aliphatic rings. The molecule has 3 aromatic rings. The molecule has 1 atom stereocenters. The van der Waals surface area contributed by atoms with Crippen LogP contribution in [0.2, 0.25) is 0 Å². The van der Waals surface area contributed by atoms with Crippen LogP contribution in [0.4, 0.5) is 10.2 Å². The Balaban J connectivity index is 0.00000189. The van der Waals surface area contributed by atoms with E-state index in [4.69, 9.17) is 10.5 Å². The van der Waals surface area contributed by atoms with Gasteiger partial charge in [0, 0.05) is 23.7 Å². The molecule has 4 N–H and O–H groups in total. The SMILES string of the molecule is CC.CC.CC.CCC(CCNSC)c1cc2[nH]c(C(=O)c3cnn(C/C=N\C(=C/C(C)C)OC4=CCCC=C(F)C4)c3N)cc2cc1C. The highest BCUT2D eigenvalue weighted by atomic mass is 32.2. The Kier molecular flexibility index (Phi) is 21.0. The summed E-state index contributed by atoms with van der Waals surface area (Å²) in [6.45, 7) is 21.6. The Hall–Kier alpha value is -3.63. The summed E-state index contributed by atoms with van der Waals surface area (Å²) in [7, 11) is 0. The molecule has 8 nitrogen and oxygen atoms in total. The number of nitrogens with two attached hydrogens (primary N) is 1. The number of nitrogens with zero attached hydrogens (tertiary/aromatic N) is 3. The van der Waals surface area contributed by atoms with Gasteiger partial charge >= 0.3 is 0 Å². The quantitative estimate of drug-likeness (QED) is 0.0509. The Morgan fingerprint density at radius 2 is 1.86 bits per heavy atom. The van der Waals surface area contributed by atoms with Gasteiger partial charge in [0.25, 0.3) is 0 Å². The van der Waals surface area contributed by atoms with Gasteiger partial charge in [-0.2, -0.15) is 5.10 Å². The molecule has 0 fully saturated rings. The number of aryl methyl sites for hydroxylation is 1. The third-order valence-corrected chi connectivity index (χ3v) is 7.97. The van der Waals surface area contributed by atoms with Crippen LogP contribution in [0, 0.1) is 12.8 Å². The summed E-state index contributed by atoms with van der Waals surface area (Å²) in [6, 6.07) is 6.20. The lowest BCUT2D eigenvalue weighted by Crippen LogP contribution is -2.10. The van der Waals surface area contributed by atoms with E-state index in [2.05, 4.69) is 45.8 Å². The highest BCUT2D eigenvalue weighted by Gasteiger charge is 2.20. The van der Waals surface area contributed by atoms with Gasteiger partial charge in [-0.3, -0.25) is 9.52 Å². The number of rotatable bonds is 14. The molecule has 2 aromatic heterocycles. The van der Waals surface area contributed by atoms with Gasteiger partial charge < -0.3 is 15.5 Å². The average molecular weight is 697 g/mol. The maximum Gasteiger partial charge on any atom is 0.214 e. The predicted octanol–water partition coefficient (Wildman–Crippen LogP) is 10.8. The number of carbonyl (C=O) groups is 1. The van der Waals surface area contributed by atoms with Gasteiger partial charge in [0.05, 0.1) is 30.4 Å². The number of aliphatic imine (C=N–C) groups is 1. The summed E-state index contributed by atoms with van der Waals surface area (Å²) >= 11 is 1.64. The molecule has 1 unspecified atom stereocenters. The number of H-pyrrole nitrogens is 1. The smallest absolute Gasteiger partial charge is 0.214 e. The maximum absolute atomic E-state index is 13.9. The van der Waals surface area contributed by atoms with Crippen molar-refractivity contribution < 1.29 is 13.9 Å². The lowest BCUT2D eigenvalue weighted by Gasteiger charge is -2.18. The largest absolute Gasteiger partial charge is 0.444 e. The third kappa shape index (κ3) is 13.3. The lowest BCUT2D eigenvalue weighted by atomic mass is 9.89. The first-order chi connectivity index (χ1) is 23.7. The molecule has 0 saturated carbocycles. The standard InChI is InChI=1S/C33H43FN6O2S.3C2H6/c1-6-23(11-12-38-43-5)27-19-29-24(16-22(27)4)17-30(39-29)32(41)28-20-37-40(33(28)35)14-13-36-31(15-21(2)3)42-26-10-8-7-9-25(34)18-26;3*1-2/h9-10,13,15-17,19-21,23,38-39H,6-8,11-12,14,18,35H2,1-5H3;3*1-2H3/b31-15+,36-13-;;;. The third-order valence-electron chi connectivity index (χ3n) is 7.48. The minimum Gasteiger partial charge on any atom is -0.444 e. The normalized spacial score (nSPS) is 13.7. The molecule has 0 radical (unpaired) electrons. The van der Waals surface area contributed by atoms with E-state index in [-0.39, 0.29) is 36.3 Å². The zero-order chi connectivity index (χ0) is 36.9. The number of hydrogen-bond donors (Lipinski definition) is 3. The van der Waals surface area contributed by atoms with Crippen molar-refractivity contribution in [3.8, 4) is 0 Å². The van der Waals surface area contributed by atoms with Crippen LogP contribution in [0.15, 0.2) is 65.1 Å². The minimum absolute atomic E-state index is 0.117. The fourth-order valence-corrected chi connectivity index (χ4v) is 5.57. The number of fused-ring (bicyclic) bond motifs is 1. The predicted molar refractivity (Wildman–Crippen MR) is 210 cm³/mol. The van der Waals surface area contributed by atoms with Gasteiger partial charge in [-0.25, -0.2) is 14.1 Å². The number of ether oxygens (including phenoxy) is 1. The van der Waals surface area contributed by atoms with Crippen molar-refractivity contribution in [3.63, 3.8) is 0 Å². The Morgan fingerprint density at radius 3 is 2.51 bits per heavy atom. The molecule has 272 valence electrons. The van der Waals surface area contributed by atoms with E-state index in [1.165, 1.54) is 22.0 Å². The summed E-state index contributed by atoms with van der Waals surface area (Å²) < 4.78 is 24.7. The summed E-state index contributed by atoms with van der Waals surface area (Å²) in [5.41, 5.74) is 10.6. The van der Waals surface area contributed by atoms with E-state index in [0.29, 0.717) is 41.7 Å². The molecular formula is C39H61FN6O2S. The highest BCUT2D eigenvalue weighted by molar-refractivity contribution is 7.96. The molecule has 4 rings (SSSR count). The first-order valence-electron chi connectivity index (χ1n) is 17.9. The van der Waals surface area contributed by atoms with E-state index in [0.717, 1.165) is 30.3 Å². The van der Waals surface area contributed by atoms with Gasteiger partial charge in [-0.1, -0.05) is 80.3 Å². The molecule has 0 aliphatic heterocycles. The zero-order valence-electron chi connectivity index (χ0n) is 31.7. The molecule has 2 heterocycles. The van der Waals surface area contributed by atoms with Crippen LogP contribution < -0.4 is 10.5 Å². The van der Waals surface area contributed by atoms with Gasteiger partial charge in [0.1, 0.15) is 17.4 Å². The first-order valence-corrected chi connectivity index (χ1v) is 19.1. The van der Waals surface area contributed by atoms with E-state index >= 15 is 0 Å². The van der Waals surface area contributed by atoms with E-state index in [9.17, 15) is 9.18 Å². The second-order valence-electron chi connectivity index (χ2n) is 11.2. The number of allylic oxidation sites excluding steroid dienone is 4. The van der Waals surface area contributed by atoms with Crippen molar-refractivity contribution in [1.29, 1.82) is 0 Å². The van der Waals surface area contributed by atoms with Crippen molar-refractivity contribution in [2.24, 2.45) is 10.9 Å². The van der Waals surface area contributed by atoms with Gasteiger partial charge in [0.2, 0.25) is 11.7 Å². The number of benzene rings is 1. The van der Waals surface area contributed by atoms with Gasteiger partial charge in [0.15, 0.2) is 0 Å². The second-order valence-corrected chi connectivity index (χ2v) is 11.9. The van der Waals surface area contributed by atoms with E-state index in [1.54, 1.807) is 24.2 Å². The van der Waals surface area contributed by atoms with Crippen LogP contribution in [-0.4, -0.2) is 39.6 Å². The number of hydrogen-bond acceptors (Lipinski definition) is 7. The Labute approximate surface area is 299 Å². The molecule has 1 aromatic carbocycles. The van der Waals surface area contributed by atoms with Crippen LogP contribution in [0.1, 0.15) is 128 Å². The van der Waals surface area contributed by atoms with Crippen LogP contribution >= 0.6 is 11.9 Å². The fourth-order valence-electron chi connectivity index (χ4n) is 5.25. The molecular weight excluding hydrogens is 636 g/mol. The minimum atomic E-state index is -0.216. The van der Waals surface area contributed by atoms with Crippen molar-refractivity contribution in [2.45, 2.75) is 114 Å². The first kappa shape index (κ1) is 43.4. The monoisotopic (exact) mass is 696 g/mol. The van der Waals surface area contributed by atoms with Crippen LogP contribution in [0.25, 0.3) is 10.9 Å². The summed E-state index contributed by atoms with van der Waals surface area (Å²) in [6.07, 6.45) is 14.1. The van der Waals surface area contributed by atoms with Gasteiger partial charge in [-0.15, -0.1) is 0 Å². The number of aromatic nitrogens is 3. The van der Waals surface area contributed by atoms with Gasteiger partial charge in [-0.05, 0) is 92.2 Å². The van der Waals surface area contributed by atoms with Crippen molar-refractivity contribution in [2.75, 3.05) is 18.5 Å². The number of nitrogens with one attached hydrogen (secondary N) is 2. The fraction of sp³-hybridized carbons (Fsp3) is 0.513. The summed E-state index contributed by atoms with van der Waals surface area (Å²) in [5.74, 6) is 1.38. The topological polar surface area (TPSA) is 110 Å². The van der Waals surface area contributed by atoms with Crippen molar-refractivity contribution in [3.05, 3.63) is 82.5 Å². The molecule has 0 spiro atoms. The summed E-state index contributed by atoms with van der Waals surface area (Å²) in [5, 5.41) is 5.33. The number of aromatic amines is 1. The molecule has 49 heavy (non-hydrogen) atoms. The van der Waals surface area contributed by atoms with E-state index in [1.807, 2.05) is 79.9 Å². The van der Waals surface area contributed by atoms with Crippen molar-refractivity contribution >= 4 is 40.7 Å². The molecule has 0 bridgehead atoms. The number of anilines is 1. The summed E-state index contributed by atoms with van der Waals surface area (Å²) in [4.78, 5) is 21.3. The molecule has 0 saturated heterocycles. The van der Waals surface area contributed by atoms with Crippen LogP contribution in [0.5, 0.6) is 0 Å². The highest BCUT2D eigenvalue weighted by Crippen LogP contribution is 2.31. The average Bonchev–Trinajstić information content (AvgIpc) is 3.62. The maximum atomic E-state index is 13.9.